The van der Waals surface area contributed by atoms with Crippen molar-refractivity contribution in [2.75, 3.05) is 26.9 Å². The highest BCUT2D eigenvalue weighted by Crippen LogP contribution is 2.18. The molecule has 18 heavy (non-hydrogen) atoms. The molecule has 1 unspecified atom stereocenters. The Morgan fingerprint density at radius 3 is 2.72 bits per heavy atom. The average Bonchev–Trinajstić information content (AvgIpc) is 2.36. The van der Waals surface area contributed by atoms with E-state index in [0.29, 0.717) is 19.8 Å². The number of rotatable bonds is 7. The van der Waals surface area contributed by atoms with Crippen molar-refractivity contribution in [3.05, 3.63) is 35.4 Å². The van der Waals surface area contributed by atoms with Crippen LogP contribution in [0.15, 0.2) is 24.3 Å². The maximum atomic E-state index is 12.0. The summed E-state index contributed by atoms with van der Waals surface area (Å²) in [7, 11) is 1.63. The molecule has 0 bridgehead atoms. The fourth-order valence-corrected chi connectivity index (χ4v) is 1.76. The maximum absolute atomic E-state index is 12.0. The molecule has 0 heterocycles. The summed E-state index contributed by atoms with van der Waals surface area (Å²) in [4.78, 5) is 12.0. The smallest absolute Gasteiger partial charge is 0.327 e. The zero-order valence-electron chi connectivity index (χ0n) is 11.2. The Hall–Kier alpha value is -1.39. The quantitative estimate of drug-likeness (QED) is 0.593. The molecule has 1 aromatic rings. The lowest BCUT2D eigenvalue weighted by atomic mass is 10.0. The molecule has 1 N–H and O–H groups in total. The number of carbonyl (C=O) groups excluding carboxylic acids is 1. The molecule has 1 rings (SSSR count). The van der Waals surface area contributed by atoms with Crippen LogP contribution in [0, 0.1) is 6.92 Å². The second-order valence-electron chi connectivity index (χ2n) is 3.99. The van der Waals surface area contributed by atoms with Gasteiger partial charge in [-0.1, -0.05) is 24.3 Å². The van der Waals surface area contributed by atoms with Gasteiger partial charge in [0.2, 0.25) is 0 Å². The molecule has 0 aromatic heterocycles. The molecule has 0 saturated heterocycles. The average molecular weight is 251 g/mol. The van der Waals surface area contributed by atoms with E-state index < -0.39 is 6.04 Å². The van der Waals surface area contributed by atoms with Gasteiger partial charge in [0.25, 0.3) is 0 Å². The third-order valence-electron chi connectivity index (χ3n) is 2.68. The molecule has 4 heteroatoms. The minimum atomic E-state index is -0.429. The van der Waals surface area contributed by atoms with Crippen LogP contribution in [-0.2, 0) is 14.3 Å². The van der Waals surface area contributed by atoms with Crippen LogP contribution in [0.25, 0.3) is 0 Å². The molecule has 0 spiro atoms. The summed E-state index contributed by atoms with van der Waals surface area (Å²) in [5.41, 5.74) is 2.02. The van der Waals surface area contributed by atoms with E-state index in [4.69, 9.17) is 9.47 Å². The molecule has 0 aliphatic carbocycles. The second kappa shape index (κ2) is 7.84. The van der Waals surface area contributed by atoms with Gasteiger partial charge in [-0.15, -0.1) is 0 Å². The highest BCUT2D eigenvalue weighted by atomic mass is 16.5. The fourth-order valence-electron chi connectivity index (χ4n) is 1.76. The summed E-state index contributed by atoms with van der Waals surface area (Å²) in [6.45, 7) is 5.34. The van der Waals surface area contributed by atoms with Gasteiger partial charge >= 0.3 is 5.97 Å². The van der Waals surface area contributed by atoms with Gasteiger partial charge in [0, 0.05) is 13.7 Å². The molecule has 0 amide bonds. The summed E-state index contributed by atoms with van der Waals surface area (Å²) in [6, 6.07) is 7.38. The zero-order valence-corrected chi connectivity index (χ0v) is 11.2. The first-order valence-electron chi connectivity index (χ1n) is 6.15. The van der Waals surface area contributed by atoms with Crippen LogP contribution in [0.5, 0.6) is 0 Å². The third-order valence-corrected chi connectivity index (χ3v) is 2.68. The van der Waals surface area contributed by atoms with Crippen LogP contribution in [-0.4, -0.2) is 32.8 Å². The largest absolute Gasteiger partial charge is 0.465 e. The molecule has 0 fully saturated rings. The van der Waals surface area contributed by atoms with Crippen LogP contribution >= 0.6 is 0 Å². The molecule has 1 aromatic carbocycles. The third kappa shape index (κ3) is 4.13. The fraction of sp³-hybridized carbons (Fsp3) is 0.500. The van der Waals surface area contributed by atoms with E-state index in [0.717, 1.165) is 11.1 Å². The number of benzene rings is 1. The van der Waals surface area contributed by atoms with E-state index in [1.54, 1.807) is 7.11 Å². The molecule has 0 aliphatic heterocycles. The second-order valence-corrected chi connectivity index (χ2v) is 3.99. The van der Waals surface area contributed by atoms with Gasteiger partial charge in [-0.3, -0.25) is 5.32 Å². The van der Waals surface area contributed by atoms with Crippen LogP contribution in [0.2, 0.25) is 0 Å². The molecule has 1 atom stereocenters. The number of esters is 1. The molecule has 0 radical (unpaired) electrons. The van der Waals surface area contributed by atoms with E-state index in [9.17, 15) is 4.79 Å². The number of hydrogen-bond acceptors (Lipinski definition) is 4. The first-order valence-corrected chi connectivity index (χ1v) is 6.15. The van der Waals surface area contributed by atoms with E-state index in [1.165, 1.54) is 0 Å². The van der Waals surface area contributed by atoms with Gasteiger partial charge in [-0.05, 0) is 25.0 Å². The highest BCUT2D eigenvalue weighted by molar-refractivity contribution is 5.78. The predicted octanol–water partition coefficient (Wildman–Crippen LogP) is 1.84. The molecular formula is C14H21NO3. The van der Waals surface area contributed by atoms with E-state index in [2.05, 4.69) is 5.32 Å². The standard InChI is InChI=1S/C14H21NO3/c1-4-18-14(16)13(15-9-10-17-3)12-8-6-5-7-11(12)2/h5-8,13,15H,4,9-10H2,1-3H3. The Morgan fingerprint density at radius 2 is 2.11 bits per heavy atom. The van der Waals surface area contributed by atoms with E-state index in [-0.39, 0.29) is 5.97 Å². The van der Waals surface area contributed by atoms with Gasteiger partial charge in [0.05, 0.1) is 13.2 Å². The van der Waals surface area contributed by atoms with Crippen molar-refractivity contribution in [2.24, 2.45) is 0 Å². The van der Waals surface area contributed by atoms with Gasteiger partial charge in [-0.25, -0.2) is 4.79 Å². The molecular weight excluding hydrogens is 230 g/mol. The Balaban J connectivity index is 2.82. The number of hydrogen-bond donors (Lipinski definition) is 1. The van der Waals surface area contributed by atoms with E-state index in [1.807, 2.05) is 38.1 Å². The normalized spacial score (nSPS) is 12.2. The first-order chi connectivity index (χ1) is 8.70. The number of carbonyl (C=O) groups is 1. The van der Waals surface area contributed by atoms with Crippen molar-refractivity contribution >= 4 is 5.97 Å². The SMILES string of the molecule is CCOC(=O)C(NCCOC)c1ccccc1C. The minimum Gasteiger partial charge on any atom is -0.465 e. The lowest BCUT2D eigenvalue weighted by Gasteiger charge is -2.19. The monoisotopic (exact) mass is 251 g/mol. The number of nitrogens with one attached hydrogen (secondary N) is 1. The van der Waals surface area contributed by atoms with Gasteiger partial charge in [0.1, 0.15) is 6.04 Å². The Kier molecular flexibility index (Phi) is 6.39. The van der Waals surface area contributed by atoms with Crippen LogP contribution in [0.1, 0.15) is 24.1 Å². The summed E-state index contributed by atoms with van der Waals surface area (Å²) < 4.78 is 10.1. The zero-order chi connectivity index (χ0) is 13.4. The molecule has 4 nitrogen and oxygen atoms in total. The molecule has 100 valence electrons. The van der Waals surface area contributed by atoms with Crippen LogP contribution in [0.4, 0.5) is 0 Å². The Bertz CT molecular complexity index is 379. The molecule has 0 aliphatic rings. The van der Waals surface area contributed by atoms with Crippen molar-refractivity contribution in [3.8, 4) is 0 Å². The summed E-state index contributed by atoms with van der Waals surface area (Å²) in [6.07, 6.45) is 0. The Morgan fingerprint density at radius 1 is 1.39 bits per heavy atom. The number of aryl methyl sites for hydroxylation is 1. The summed E-state index contributed by atoms with van der Waals surface area (Å²) >= 11 is 0. The van der Waals surface area contributed by atoms with Crippen molar-refractivity contribution < 1.29 is 14.3 Å². The lowest BCUT2D eigenvalue weighted by molar-refractivity contribution is -0.145. The minimum absolute atomic E-state index is 0.247. The summed E-state index contributed by atoms with van der Waals surface area (Å²) in [5.74, 6) is -0.247. The van der Waals surface area contributed by atoms with Gasteiger partial charge < -0.3 is 9.47 Å². The van der Waals surface area contributed by atoms with Gasteiger partial charge in [-0.2, -0.15) is 0 Å². The van der Waals surface area contributed by atoms with Gasteiger partial charge in [0.15, 0.2) is 0 Å². The van der Waals surface area contributed by atoms with Crippen molar-refractivity contribution in [1.29, 1.82) is 0 Å². The van der Waals surface area contributed by atoms with Crippen molar-refractivity contribution in [3.63, 3.8) is 0 Å². The van der Waals surface area contributed by atoms with Crippen molar-refractivity contribution in [1.82, 2.24) is 5.32 Å². The predicted molar refractivity (Wildman–Crippen MR) is 70.4 cm³/mol. The van der Waals surface area contributed by atoms with Crippen molar-refractivity contribution in [2.45, 2.75) is 19.9 Å². The van der Waals surface area contributed by atoms with E-state index >= 15 is 0 Å². The number of methoxy groups -OCH3 is 1. The van der Waals surface area contributed by atoms with Crippen LogP contribution in [0.3, 0.4) is 0 Å². The lowest BCUT2D eigenvalue weighted by Crippen LogP contribution is -2.33. The number of ether oxygens (including phenoxy) is 2. The topological polar surface area (TPSA) is 47.6 Å². The Labute approximate surface area is 108 Å². The van der Waals surface area contributed by atoms with Crippen LogP contribution < -0.4 is 5.32 Å². The summed E-state index contributed by atoms with van der Waals surface area (Å²) in [5, 5.41) is 3.16. The highest BCUT2D eigenvalue weighted by Gasteiger charge is 2.22. The first kappa shape index (κ1) is 14.7. The molecule has 0 saturated carbocycles. The maximum Gasteiger partial charge on any atom is 0.327 e.